The number of carbonyl (C=O) groups excluding carboxylic acids is 1. The Labute approximate surface area is 155 Å². The molecule has 0 bridgehead atoms. The number of ether oxygens (including phenoxy) is 1. The number of para-hydroxylation sites is 1. The molecule has 1 radical (unpaired) electrons. The Kier molecular flexibility index (Phi) is 4.54. The van der Waals surface area contributed by atoms with Crippen LogP contribution in [-0.2, 0) is 4.79 Å². The van der Waals surface area contributed by atoms with E-state index in [0.29, 0.717) is 5.75 Å². The van der Waals surface area contributed by atoms with Gasteiger partial charge in [-0.05, 0) is 24.1 Å². The first-order chi connectivity index (χ1) is 8.27. The van der Waals surface area contributed by atoms with Gasteiger partial charge in [0.05, 0.1) is 5.92 Å². The first-order valence-electron chi connectivity index (χ1n) is 5.67. The van der Waals surface area contributed by atoms with Crippen LogP contribution in [0.15, 0.2) is 48.5 Å². The van der Waals surface area contributed by atoms with Crippen molar-refractivity contribution in [1.29, 1.82) is 0 Å². The number of benzene rings is 2. The van der Waals surface area contributed by atoms with Crippen molar-refractivity contribution in [2.75, 3.05) is 0 Å². The third-order valence-electron chi connectivity index (χ3n) is 3.17. The van der Waals surface area contributed by atoms with Gasteiger partial charge in [0, 0.05) is 63.8 Å². The van der Waals surface area contributed by atoms with Gasteiger partial charge in [-0.2, -0.15) is 0 Å². The number of esters is 1. The number of carbonyl (C=O) groups is 1. The largest absolute Gasteiger partial charge is 0.425 e. The molecule has 0 spiro atoms. The molecule has 0 amide bonds. The summed E-state index contributed by atoms with van der Waals surface area (Å²) < 4.78 is 5.41. The van der Waals surface area contributed by atoms with Crippen LogP contribution in [0.2, 0.25) is 0 Å². The second-order valence-electron chi connectivity index (χ2n) is 4.23. The maximum Gasteiger partial charge on any atom is 0.318 e. The van der Waals surface area contributed by atoms with E-state index in [0.717, 1.165) is 16.7 Å². The normalized spacial score (nSPS) is 16.7. The van der Waals surface area contributed by atoms with Crippen molar-refractivity contribution in [3.63, 3.8) is 0 Å². The van der Waals surface area contributed by atoms with Crippen LogP contribution >= 0.6 is 0 Å². The molecule has 85 valence electrons. The Hall–Kier alpha value is -0.285. The molecule has 0 saturated heterocycles. The second kappa shape index (κ2) is 5.78. The van der Waals surface area contributed by atoms with Crippen LogP contribution in [0.4, 0.5) is 0 Å². The molecule has 2 aromatic carbocycles. The molecule has 2 aromatic rings. The summed E-state index contributed by atoms with van der Waals surface area (Å²) in [6.45, 7) is 1.88. The van der Waals surface area contributed by atoms with Crippen molar-refractivity contribution >= 4 is 64.2 Å². The molecule has 1 heterocycles. The number of fused-ring (bicyclic) bond motifs is 3. The molecular formula is C15H12O2Rb. The number of rotatable bonds is 0. The standard InChI is InChI=1S/C15H12O2.Rb/c1-10-11-6-2-3-7-12(11)13-8-4-5-9-14(13)17-15(10)16;/h2-10H,1H3;. The van der Waals surface area contributed by atoms with Crippen molar-refractivity contribution in [3.05, 3.63) is 54.1 Å². The van der Waals surface area contributed by atoms with E-state index in [1.807, 2.05) is 55.5 Å². The van der Waals surface area contributed by atoms with Crippen LogP contribution in [-0.4, -0.2) is 64.2 Å². The fraction of sp³-hybridized carbons (Fsp3) is 0.133. The first kappa shape index (κ1) is 14.1. The minimum Gasteiger partial charge on any atom is -0.425 e. The smallest absolute Gasteiger partial charge is 0.318 e. The zero-order valence-electron chi connectivity index (χ0n) is 10.5. The molecule has 0 aromatic heterocycles. The van der Waals surface area contributed by atoms with Crippen molar-refractivity contribution in [1.82, 2.24) is 0 Å². The van der Waals surface area contributed by atoms with Crippen molar-refractivity contribution in [3.8, 4) is 16.9 Å². The van der Waals surface area contributed by atoms with Gasteiger partial charge in [0.1, 0.15) is 5.75 Å². The maximum absolute atomic E-state index is 11.9. The van der Waals surface area contributed by atoms with Crippen LogP contribution in [0.1, 0.15) is 18.4 Å². The summed E-state index contributed by atoms with van der Waals surface area (Å²) in [4.78, 5) is 11.9. The predicted molar refractivity (Wildman–Crippen MR) is 71.7 cm³/mol. The summed E-state index contributed by atoms with van der Waals surface area (Å²) in [6.07, 6.45) is 0. The molecular weight excluding hydrogens is 298 g/mol. The van der Waals surface area contributed by atoms with Crippen LogP contribution < -0.4 is 4.74 Å². The summed E-state index contributed by atoms with van der Waals surface area (Å²) in [7, 11) is 0. The molecule has 0 N–H and O–H groups in total. The van der Waals surface area contributed by atoms with Crippen LogP contribution in [0.25, 0.3) is 11.1 Å². The first-order valence-corrected chi connectivity index (χ1v) is 5.67. The Bertz CT molecular complexity index is 593. The van der Waals surface area contributed by atoms with Crippen molar-refractivity contribution < 1.29 is 9.53 Å². The SMILES string of the molecule is CC1C(=O)Oc2ccccc2-c2ccccc21.[Rb]. The zero-order chi connectivity index (χ0) is 11.8. The van der Waals surface area contributed by atoms with E-state index in [4.69, 9.17) is 4.74 Å². The van der Waals surface area contributed by atoms with Crippen LogP contribution in [0, 0.1) is 0 Å². The minimum atomic E-state index is -0.224. The molecule has 1 aliphatic heterocycles. The van der Waals surface area contributed by atoms with Gasteiger partial charge in [-0.1, -0.05) is 42.5 Å². The van der Waals surface area contributed by atoms with E-state index in [1.54, 1.807) is 0 Å². The molecule has 1 unspecified atom stereocenters. The van der Waals surface area contributed by atoms with Crippen molar-refractivity contribution in [2.24, 2.45) is 0 Å². The van der Waals surface area contributed by atoms with E-state index >= 15 is 0 Å². The number of hydrogen-bond acceptors (Lipinski definition) is 2. The fourth-order valence-corrected chi connectivity index (χ4v) is 2.22. The Balaban J connectivity index is 0.00000120. The molecule has 1 aliphatic rings. The summed E-state index contributed by atoms with van der Waals surface area (Å²) in [5.41, 5.74) is 3.10. The monoisotopic (exact) mass is 309 g/mol. The Morgan fingerprint density at radius 2 is 1.56 bits per heavy atom. The van der Waals surface area contributed by atoms with E-state index in [2.05, 4.69) is 0 Å². The molecule has 3 heteroatoms. The van der Waals surface area contributed by atoms with Crippen molar-refractivity contribution in [2.45, 2.75) is 12.8 Å². The van der Waals surface area contributed by atoms with Gasteiger partial charge in [-0.25, -0.2) is 0 Å². The number of hydrogen-bond donors (Lipinski definition) is 0. The molecule has 0 fully saturated rings. The third kappa shape index (κ3) is 2.39. The van der Waals surface area contributed by atoms with Gasteiger partial charge in [0.2, 0.25) is 0 Å². The van der Waals surface area contributed by atoms with Gasteiger partial charge in [0.25, 0.3) is 0 Å². The molecule has 2 nitrogen and oxygen atoms in total. The van der Waals surface area contributed by atoms with Gasteiger partial charge >= 0.3 is 5.97 Å². The minimum absolute atomic E-state index is 0. The summed E-state index contributed by atoms with van der Waals surface area (Å²) in [6, 6.07) is 15.6. The van der Waals surface area contributed by atoms with Crippen LogP contribution in [0.3, 0.4) is 0 Å². The average molecular weight is 310 g/mol. The second-order valence-corrected chi connectivity index (χ2v) is 4.23. The topological polar surface area (TPSA) is 26.3 Å². The van der Waals surface area contributed by atoms with Crippen LogP contribution in [0.5, 0.6) is 5.75 Å². The molecule has 0 aliphatic carbocycles. The zero-order valence-corrected chi connectivity index (χ0v) is 15.4. The maximum atomic E-state index is 11.9. The van der Waals surface area contributed by atoms with E-state index in [9.17, 15) is 4.79 Å². The third-order valence-corrected chi connectivity index (χ3v) is 3.17. The summed E-state index contributed by atoms with van der Waals surface area (Å²) in [5.74, 6) is 0.232. The molecule has 0 saturated carbocycles. The molecule has 1 atom stereocenters. The average Bonchev–Trinajstić information content (AvgIpc) is 2.48. The summed E-state index contributed by atoms with van der Waals surface area (Å²) >= 11 is 0. The Morgan fingerprint density at radius 3 is 2.33 bits per heavy atom. The summed E-state index contributed by atoms with van der Waals surface area (Å²) in [5, 5.41) is 0. The van der Waals surface area contributed by atoms with Gasteiger partial charge in [0.15, 0.2) is 0 Å². The van der Waals surface area contributed by atoms with E-state index in [1.165, 1.54) is 0 Å². The quantitative estimate of drug-likeness (QED) is 0.552. The molecule has 18 heavy (non-hydrogen) atoms. The van der Waals surface area contributed by atoms with Gasteiger partial charge < -0.3 is 4.74 Å². The van der Waals surface area contributed by atoms with E-state index < -0.39 is 0 Å². The van der Waals surface area contributed by atoms with Gasteiger partial charge in [-0.15, -0.1) is 0 Å². The fourth-order valence-electron chi connectivity index (χ4n) is 2.22. The Morgan fingerprint density at radius 1 is 0.944 bits per heavy atom. The van der Waals surface area contributed by atoms with E-state index in [-0.39, 0.29) is 70.1 Å². The predicted octanol–water partition coefficient (Wildman–Crippen LogP) is 3.00. The molecule has 3 rings (SSSR count). The van der Waals surface area contributed by atoms with Gasteiger partial charge in [-0.3, -0.25) is 4.79 Å².